The molecule has 79 valence electrons. The first-order chi connectivity index (χ1) is 7.27. The van der Waals surface area contributed by atoms with Crippen molar-refractivity contribution in [3.63, 3.8) is 0 Å². The van der Waals surface area contributed by atoms with Crippen LogP contribution >= 0.6 is 0 Å². The average Bonchev–Trinajstić information content (AvgIpc) is 2.27. The largest absolute Gasteiger partial charge is 0.462 e. The van der Waals surface area contributed by atoms with Crippen molar-refractivity contribution in [2.24, 2.45) is 0 Å². The quantitative estimate of drug-likeness (QED) is 0.589. The number of nitrogens with one attached hydrogen (secondary N) is 1. The maximum absolute atomic E-state index is 11.4. The van der Waals surface area contributed by atoms with Gasteiger partial charge < -0.3 is 10.1 Å². The first-order valence-corrected chi connectivity index (χ1v) is 4.68. The Bertz CT molecular complexity index is 332. The average molecular weight is 206 g/mol. The van der Waals surface area contributed by atoms with Gasteiger partial charge in [-0.25, -0.2) is 4.79 Å². The van der Waals surface area contributed by atoms with Gasteiger partial charge >= 0.3 is 12.4 Å². The third-order valence-corrected chi connectivity index (χ3v) is 1.75. The Kier molecular flexibility index (Phi) is 4.34. The summed E-state index contributed by atoms with van der Waals surface area (Å²) < 4.78 is 4.94. The van der Waals surface area contributed by atoms with Crippen molar-refractivity contribution in [2.75, 3.05) is 11.9 Å². The zero-order valence-corrected chi connectivity index (χ0v) is 8.45. The fourth-order valence-electron chi connectivity index (χ4n) is 1.03. The van der Waals surface area contributed by atoms with E-state index in [2.05, 4.69) is 5.32 Å². The number of hydrogen-bond donors (Lipinski definition) is 1. The highest BCUT2D eigenvalue weighted by Gasteiger charge is 2.05. The van der Waals surface area contributed by atoms with E-state index in [1.54, 1.807) is 30.7 Å². The molecule has 0 heterocycles. The lowest BCUT2D eigenvalue weighted by atomic mass is 10.2. The van der Waals surface area contributed by atoms with Crippen LogP contribution in [0.15, 0.2) is 24.3 Å². The molecule has 0 saturated carbocycles. The Hall–Kier alpha value is -1.84. The SMILES string of the molecule is CCCOC(=O)c1ccc(N[C]=O)cc1. The zero-order valence-electron chi connectivity index (χ0n) is 8.45. The Morgan fingerprint density at radius 3 is 2.60 bits per heavy atom. The normalized spacial score (nSPS) is 9.40. The van der Waals surface area contributed by atoms with Gasteiger partial charge in [0.15, 0.2) is 0 Å². The molecule has 0 atom stereocenters. The van der Waals surface area contributed by atoms with Gasteiger partial charge in [-0.1, -0.05) is 6.92 Å². The Morgan fingerprint density at radius 2 is 2.07 bits per heavy atom. The number of ether oxygens (including phenoxy) is 1. The van der Waals surface area contributed by atoms with E-state index in [4.69, 9.17) is 4.74 Å². The lowest BCUT2D eigenvalue weighted by molar-refractivity contribution is 0.0505. The van der Waals surface area contributed by atoms with Gasteiger partial charge in [0.2, 0.25) is 0 Å². The van der Waals surface area contributed by atoms with E-state index >= 15 is 0 Å². The van der Waals surface area contributed by atoms with Crippen LogP contribution < -0.4 is 5.32 Å². The van der Waals surface area contributed by atoms with E-state index in [0.717, 1.165) is 6.42 Å². The van der Waals surface area contributed by atoms with E-state index < -0.39 is 0 Å². The second kappa shape index (κ2) is 5.80. The van der Waals surface area contributed by atoms with Crippen LogP contribution in [0.4, 0.5) is 5.69 Å². The number of rotatable bonds is 5. The topological polar surface area (TPSA) is 55.4 Å². The molecular formula is C11H12NO3. The summed E-state index contributed by atoms with van der Waals surface area (Å²) in [5.41, 5.74) is 1.07. The van der Waals surface area contributed by atoms with Gasteiger partial charge in [0, 0.05) is 5.69 Å². The minimum atomic E-state index is -0.349. The third-order valence-electron chi connectivity index (χ3n) is 1.75. The minimum absolute atomic E-state index is 0.349. The van der Waals surface area contributed by atoms with Gasteiger partial charge in [0.25, 0.3) is 0 Å². The van der Waals surface area contributed by atoms with Crippen molar-refractivity contribution >= 4 is 18.1 Å². The Labute approximate surface area is 88.2 Å². The number of anilines is 1. The van der Waals surface area contributed by atoms with Crippen LogP contribution in [0.2, 0.25) is 0 Å². The fourth-order valence-corrected chi connectivity index (χ4v) is 1.03. The molecule has 0 aliphatic heterocycles. The first-order valence-electron chi connectivity index (χ1n) is 4.68. The van der Waals surface area contributed by atoms with Crippen LogP contribution in [-0.2, 0) is 9.53 Å². The molecule has 0 unspecified atom stereocenters. The molecule has 0 aliphatic carbocycles. The number of hydrogen-bond acceptors (Lipinski definition) is 3. The molecule has 1 radical (unpaired) electrons. The molecule has 0 aromatic heterocycles. The summed E-state index contributed by atoms with van der Waals surface area (Å²) in [7, 11) is 0. The highest BCUT2D eigenvalue weighted by Crippen LogP contribution is 2.09. The predicted molar refractivity (Wildman–Crippen MR) is 56.3 cm³/mol. The molecule has 0 spiro atoms. The Morgan fingerprint density at radius 1 is 1.40 bits per heavy atom. The van der Waals surface area contributed by atoms with Crippen LogP contribution in [0.5, 0.6) is 0 Å². The zero-order chi connectivity index (χ0) is 11.1. The summed E-state index contributed by atoms with van der Waals surface area (Å²) in [5, 5.41) is 2.36. The number of carbonyl (C=O) groups is 1. The standard InChI is InChI=1S/C11H12NO3/c1-2-7-15-11(14)9-3-5-10(6-4-9)12-8-13/h3-6H,2,7H2,1H3,(H,12,13). The summed E-state index contributed by atoms with van der Waals surface area (Å²) in [6, 6.07) is 6.43. The van der Waals surface area contributed by atoms with Gasteiger partial charge in [0.1, 0.15) is 0 Å². The number of carbonyl (C=O) groups excluding carboxylic acids is 2. The van der Waals surface area contributed by atoms with E-state index in [0.29, 0.717) is 17.9 Å². The highest BCUT2D eigenvalue weighted by molar-refractivity contribution is 5.90. The van der Waals surface area contributed by atoms with Gasteiger partial charge in [-0.2, -0.15) is 0 Å². The van der Waals surface area contributed by atoms with Crippen LogP contribution in [0.1, 0.15) is 23.7 Å². The molecule has 1 aromatic rings. The van der Waals surface area contributed by atoms with Gasteiger partial charge in [-0.05, 0) is 30.7 Å². The third kappa shape index (κ3) is 3.42. The molecule has 1 rings (SSSR count). The first kappa shape index (κ1) is 11.2. The predicted octanol–water partition coefficient (Wildman–Crippen LogP) is 1.73. The molecule has 0 aliphatic rings. The van der Waals surface area contributed by atoms with Crippen LogP contribution in [0.25, 0.3) is 0 Å². The lowest BCUT2D eigenvalue weighted by Crippen LogP contribution is -2.05. The summed E-state index contributed by atoms with van der Waals surface area (Å²) >= 11 is 0. The highest BCUT2D eigenvalue weighted by atomic mass is 16.5. The number of benzene rings is 1. The van der Waals surface area contributed by atoms with Gasteiger partial charge in [-0.3, -0.25) is 4.79 Å². The van der Waals surface area contributed by atoms with Gasteiger partial charge in [-0.15, -0.1) is 0 Å². The van der Waals surface area contributed by atoms with Crippen LogP contribution in [0, 0.1) is 0 Å². The molecule has 15 heavy (non-hydrogen) atoms. The molecular weight excluding hydrogens is 194 g/mol. The molecule has 4 nitrogen and oxygen atoms in total. The number of esters is 1. The summed E-state index contributed by atoms with van der Waals surface area (Å²) in [6.07, 6.45) is 2.35. The Balaban J connectivity index is 2.62. The van der Waals surface area contributed by atoms with E-state index in [9.17, 15) is 9.59 Å². The molecule has 1 N–H and O–H groups in total. The van der Waals surface area contributed by atoms with Crippen molar-refractivity contribution in [3.05, 3.63) is 29.8 Å². The van der Waals surface area contributed by atoms with Crippen LogP contribution in [0.3, 0.4) is 0 Å². The van der Waals surface area contributed by atoms with Gasteiger partial charge in [0.05, 0.1) is 12.2 Å². The smallest absolute Gasteiger partial charge is 0.338 e. The van der Waals surface area contributed by atoms with Crippen molar-refractivity contribution in [3.8, 4) is 0 Å². The second-order valence-corrected chi connectivity index (χ2v) is 2.94. The minimum Gasteiger partial charge on any atom is -0.462 e. The van der Waals surface area contributed by atoms with Crippen molar-refractivity contribution in [1.29, 1.82) is 0 Å². The van der Waals surface area contributed by atoms with Crippen molar-refractivity contribution in [2.45, 2.75) is 13.3 Å². The molecule has 4 heteroatoms. The van der Waals surface area contributed by atoms with Crippen molar-refractivity contribution in [1.82, 2.24) is 0 Å². The maximum Gasteiger partial charge on any atom is 0.338 e. The monoisotopic (exact) mass is 206 g/mol. The summed E-state index contributed by atoms with van der Waals surface area (Å²) in [5.74, 6) is -0.349. The van der Waals surface area contributed by atoms with E-state index in [-0.39, 0.29) is 5.97 Å². The molecule has 0 fully saturated rings. The maximum atomic E-state index is 11.4. The van der Waals surface area contributed by atoms with Crippen LogP contribution in [-0.4, -0.2) is 19.0 Å². The molecule has 1 aromatic carbocycles. The second-order valence-electron chi connectivity index (χ2n) is 2.94. The van der Waals surface area contributed by atoms with E-state index in [1.165, 1.54) is 0 Å². The lowest BCUT2D eigenvalue weighted by Gasteiger charge is -2.03. The number of amides is 1. The van der Waals surface area contributed by atoms with Crippen molar-refractivity contribution < 1.29 is 14.3 Å². The fraction of sp³-hybridized carbons (Fsp3) is 0.273. The summed E-state index contributed by atoms with van der Waals surface area (Å²) in [4.78, 5) is 21.4. The molecule has 1 amide bonds. The molecule has 0 bridgehead atoms. The summed E-state index contributed by atoms with van der Waals surface area (Å²) in [6.45, 7) is 2.35. The van der Waals surface area contributed by atoms with E-state index in [1.807, 2.05) is 6.92 Å². The molecule has 0 saturated heterocycles.